The topological polar surface area (TPSA) is 78.7 Å². The van der Waals surface area contributed by atoms with Crippen LogP contribution in [0.15, 0.2) is 40.9 Å². The third-order valence-corrected chi connectivity index (χ3v) is 5.98. The van der Waals surface area contributed by atoms with Gasteiger partial charge in [0.25, 0.3) is 11.6 Å². The lowest BCUT2D eigenvalue weighted by atomic mass is 10.1. The number of piperazine rings is 1. The van der Waals surface area contributed by atoms with Crippen LogP contribution in [0.5, 0.6) is 0 Å². The van der Waals surface area contributed by atoms with Crippen LogP contribution in [-0.4, -0.2) is 47.0 Å². The van der Waals surface area contributed by atoms with Gasteiger partial charge < -0.3 is 9.80 Å². The molecule has 7 nitrogen and oxygen atoms in total. The van der Waals surface area contributed by atoms with E-state index in [0.29, 0.717) is 23.6 Å². The number of carbonyl (C=O) groups is 1. The van der Waals surface area contributed by atoms with Crippen molar-refractivity contribution in [2.45, 2.75) is 6.18 Å². The van der Waals surface area contributed by atoms with Gasteiger partial charge in [0.15, 0.2) is 5.11 Å². The van der Waals surface area contributed by atoms with Crippen LogP contribution < -0.4 is 10.2 Å². The van der Waals surface area contributed by atoms with Gasteiger partial charge in [-0.15, -0.1) is 0 Å². The van der Waals surface area contributed by atoms with E-state index in [0.717, 1.165) is 12.1 Å². The lowest BCUT2D eigenvalue weighted by molar-refractivity contribution is -0.384. The second-order valence-electron chi connectivity index (χ2n) is 6.82. The summed E-state index contributed by atoms with van der Waals surface area (Å²) in [6.07, 6.45) is -4.68. The highest BCUT2D eigenvalue weighted by Crippen LogP contribution is 2.36. The van der Waals surface area contributed by atoms with Crippen molar-refractivity contribution in [3.8, 4) is 0 Å². The normalized spacial score (nSPS) is 14.3. The summed E-state index contributed by atoms with van der Waals surface area (Å²) < 4.78 is 39.4. The van der Waals surface area contributed by atoms with Gasteiger partial charge in [0.2, 0.25) is 0 Å². The summed E-state index contributed by atoms with van der Waals surface area (Å²) in [6, 6.07) is 7.28. The first-order valence-electron chi connectivity index (χ1n) is 9.13. The Hall–Kier alpha value is -2.44. The van der Waals surface area contributed by atoms with Crippen molar-refractivity contribution in [2.24, 2.45) is 0 Å². The first kappa shape index (κ1) is 24.2. The second-order valence-corrected chi connectivity index (χ2v) is 8.53. The third-order valence-electron chi connectivity index (χ3n) is 4.80. The Balaban J connectivity index is 1.67. The van der Waals surface area contributed by atoms with Crippen molar-refractivity contribution < 1.29 is 22.9 Å². The summed E-state index contributed by atoms with van der Waals surface area (Å²) >= 11 is 14.6. The van der Waals surface area contributed by atoms with E-state index in [2.05, 4.69) is 21.2 Å². The van der Waals surface area contributed by atoms with E-state index in [1.54, 1.807) is 28.0 Å². The SMILES string of the molecule is O=C(NC(=S)N1CCN(c2ccc(C(F)(F)F)cc2[N+](=O)[O-])CC1)c1cc(Br)ccc1Cl. The lowest BCUT2D eigenvalue weighted by Crippen LogP contribution is -2.52. The number of nitro groups is 1. The van der Waals surface area contributed by atoms with Crippen LogP contribution in [0, 0.1) is 10.1 Å². The van der Waals surface area contributed by atoms with Gasteiger partial charge in [0, 0.05) is 36.7 Å². The Morgan fingerprint density at radius 2 is 1.81 bits per heavy atom. The monoisotopic (exact) mass is 550 g/mol. The van der Waals surface area contributed by atoms with Crippen molar-refractivity contribution in [2.75, 3.05) is 31.1 Å². The van der Waals surface area contributed by atoms with Crippen molar-refractivity contribution in [3.63, 3.8) is 0 Å². The molecule has 1 heterocycles. The van der Waals surface area contributed by atoms with E-state index in [-0.39, 0.29) is 34.5 Å². The van der Waals surface area contributed by atoms with Crippen molar-refractivity contribution >= 4 is 62.1 Å². The van der Waals surface area contributed by atoms with Crippen LogP contribution >= 0.6 is 39.7 Å². The number of benzene rings is 2. The molecule has 0 radical (unpaired) electrons. The number of anilines is 1. The smallest absolute Gasteiger partial charge is 0.362 e. The molecule has 0 saturated carbocycles. The fourth-order valence-corrected chi connectivity index (χ4v) is 4.02. The van der Waals surface area contributed by atoms with E-state index in [9.17, 15) is 28.1 Å². The van der Waals surface area contributed by atoms with Gasteiger partial charge in [0.1, 0.15) is 5.69 Å². The molecule has 2 aromatic carbocycles. The molecule has 0 aromatic heterocycles. The maximum atomic E-state index is 12.9. The molecule has 1 fully saturated rings. The molecule has 1 aliphatic rings. The van der Waals surface area contributed by atoms with Gasteiger partial charge in [-0.3, -0.25) is 20.2 Å². The molecule has 1 saturated heterocycles. The minimum Gasteiger partial charge on any atom is -0.362 e. The van der Waals surface area contributed by atoms with Crippen LogP contribution in [0.3, 0.4) is 0 Å². The molecule has 3 rings (SSSR count). The zero-order chi connectivity index (χ0) is 23.6. The van der Waals surface area contributed by atoms with Gasteiger partial charge in [0.05, 0.1) is 21.1 Å². The fourth-order valence-electron chi connectivity index (χ4n) is 3.18. The van der Waals surface area contributed by atoms with E-state index >= 15 is 0 Å². The maximum Gasteiger partial charge on any atom is 0.416 e. The molecule has 0 bridgehead atoms. The number of thiocarbonyl (C=S) groups is 1. The van der Waals surface area contributed by atoms with Gasteiger partial charge in [-0.1, -0.05) is 27.5 Å². The molecular formula is C19H15BrClF3N4O3S. The number of amides is 1. The van der Waals surface area contributed by atoms with E-state index in [4.69, 9.17) is 23.8 Å². The molecule has 13 heteroatoms. The van der Waals surface area contributed by atoms with E-state index in [1.165, 1.54) is 0 Å². The molecule has 2 aromatic rings. The number of alkyl halides is 3. The van der Waals surface area contributed by atoms with Gasteiger partial charge in [-0.05, 0) is 42.5 Å². The van der Waals surface area contributed by atoms with Crippen LogP contribution in [0.25, 0.3) is 0 Å². The molecule has 1 N–H and O–H groups in total. The summed E-state index contributed by atoms with van der Waals surface area (Å²) in [5.41, 5.74) is -1.36. The number of halogens is 5. The summed E-state index contributed by atoms with van der Waals surface area (Å²) in [4.78, 5) is 26.3. The molecule has 32 heavy (non-hydrogen) atoms. The highest BCUT2D eigenvalue weighted by Gasteiger charge is 2.34. The van der Waals surface area contributed by atoms with Crippen LogP contribution in [0.1, 0.15) is 15.9 Å². The molecule has 170 valence electrons. The number of nitro benzene ring substituents is 1. The Morgan fingerprint density at radius 3 is 2.41 bits per heavy atom. The van der Waals surface area contributed by atoms with Crippen LogP contribution in [0.2, 0.25) is 5.02 Å². The predicted molar refractivity (Wildman–Crippen MR) is 121 cm³/mol. The average Bonchev–Trinajstić information content (AvgIpc) is 2.74. The van der Waals surface area contributed by atoms with E-state index in [1.807, 2.05) is 0 Å². The second kappa shape index (κ2) is 9.59. The molecule has 0 aliphatic carbocycles. The van der Waals surface area contributed by atoms with Crippen molar-refractivity contribution in [1.29, 1.82) is 0 Å². The zero-order valence-electron chi connectivity index (χ0n) is 16.2. The minimum absolute atomic E-state index is 0.0959. The Labute approximate surface area is 199 Å². The van der Waals surface area contributed by atoms with E-state index < -0.39 is 28.3 Å². The van der Waals surface area contributed by atoms with Crippen molar-refractivity contribution in [3.05, 3.63) is 67.1 Å². The summed E-state index contributed by atoms with van der Waals surface area (Å²) in [6.45, 7) is 1.15. The molecule has 0 atom stereocenters. The first-order valence-corrected chi connectivity index (χ1v) is 10.7. The molecule has 0 spiro atoms. The molecule has 1 amide bonds. The largest absolute Gasteiger partial charge is 0.416 e. The first-order chi connectivity index (χ1) is 15.0. The summed E-state index contributed by atoms with van der Waals surface area (Å²) in [7, 11) is 0. The standard InChI is InChI=1S/C19H15BrClF3N4O3S/c20-12-2-3-14(21)13(10-12)17(29)25-18(32)27-7-5-26(6-8-27)15-4-1-11(19(22,23)24)9-16(15)28(30)31/h1-4,9-10H,5-8H2,(H,25,29,32). The fraction of sp³-hybridized carbons (Fsp3) is 0.263. The third kappa shape index (κ3) is 5.48. The molecule has 1 aliphatic heterocycles. The highest BCUT2D eigenvalue weighted by molar-refractivity contribution is 9.10. The quantitative estimate of drug-likeness (QED) is 0.333. The maximum absolute atomic E-state index is 12.9. The van der Waals surface area contributed by atoms with Crippen LogP contribution in [-0.2, 0) is 6.18 Å². The predicted octanol–water partition coefficient (Wildman–Crippen LogP) is 4.87. The Bertz CT molecular complexity index is 1080. The number of nitrogens with one attached hydrogen (secondary N) is 1. The van der Waals surface area contributed by atoms with Gasteiger partial charge in [-0.2, -0.15) is 13.2 Å². The molecular weight excluding hydrogens is 537 g/mol. The Morgan fingerprint density at radius 1 is 1.16 bits per heavy atom. The van der Waals surface area contributed by atoms with Gasteiger partial charge >= 0.3 is 6.18 Å². The molecule has 0 unspecified atom stereocenters. The number of hydrogen-bond acceptors (Lipinski definition) is 5. The van der Waals surface area contributed by atoms with Crippen LogP contribution in [0.4, 0.5) is 24.5 Å². The number of carbonyl (C=O) groups excluding carboxylic acids is 1. The average molecular weight is 552 g/mol. The zero-order valence-corrected chi connectivity index (χ0v) is 19.3. The van der Waals surface area contributed by atoms with Gasteiger partial charge in [-0.25, -0.2) is 0 Å². The minimum atomic E-state index is -4.68. The Kier molecular flexibility index (Phi) is 7.25. The highest BCUT2D eigenvalue weighted by atomic mass is 79.9. The number of nitrogens with zero attached hydrogens (tertiary/aromatic N) is 3. The number of rotatable bonds is 3. The summed E-state index contributed by atoms with van der Waals surface area (Å²) in [5.74, 6) is -0.484. The summed E-state index contributed by atoms with van der Waals surface area (Å²) in [5, 5.41) is 14.4. The van der Waals surface area contributed by atoms with Crippen molar-refractivity contribution in [1.82, 2.24) is 10.2 Å². The lowest BCUT2D eigenvalue weighted by Gasteiger charge is -2.37. The number of hydrogen-bond donors (Lipinski definition) is 1.